The molecule has 1 aromatic carbocycles. The maximum absolute atomic E-state index is 11.9. The standard InChI is InChI=1S/C11H13BO6S2/c13-11(2-1-5-19-20(15,16)17)8-3-4-9-7-18-12(14)10(9)6-8/h3-4,6,14H,1-2,5,7H2,(H,15,16,17). The van der Waals surface area contributed by atoms with Crippen LogP contribution < -0.4 is 5.46 Å². The number of ketones is 1. The Labute approximate surface area is 120 Å². The van der Waals surface area contributed by atoms with Crippen molar-refractivity contribution in [2.45, 2.75) is 19.4 Å². The molecule has 1 aliphatic rings. The van der Waals surface area contributed by atoms with E-state index in [1.807, 2.05) is 0 Å². The monoisotopic (exact) mass is 316 g/mol. The highest BCUT2D eigenvalue weighted by atomic mass is 33.1. The molecule has 9 heteroatoms. The van der Waals surface area contributed by atoms with E-state index in [0.717, 1.165) is 5.56 Å². The zero-order valence-electron chi connectivity index (χ0n) is 10.5. The van der Waals surface area contributed by atoms with Gasteiger partial charge in [-0.15, -0.1) is 0 Å². The van der Waals surface area contributed by atoms with E-state index >= 15 is 0 Å². The van der Waals surface area contributed by atoms with Crippen molar-refractivity contribution in [3.05, 3.63) is 29.3 Å². The normalized spacial score (nSPS) is 14.4. The maximum atomic E-state index is 11.9. The summed E-state index contributed by atoms with van der Waals surface area (Å²) in [7, 11) is -4.63. The molecule has 0 bridgehead atoms. The zero-order chi connectivity index (χ0) is 14.8. The molecule has 0 unspecified atom stereocenters. The first-order valence-corrected chi connectivity index (χ1v) is 8.88. The van der Waals surface area contributed by atoms with Gasteiger partial charge in [-0.2, -0.15) is 8.42 Å². The Morgan fingerprint density at radius 3 is 2.90 bits per heavy atom. The number of benzene rings is 1. The Morgan fingerprint density at radius 2 is 2.20 bits per heavy atom. The van der Waals surface area contributed by atoms with E-state index < -0.39 is 16.3 Å². The first-order valence-electron chi connectivity index (χ1n) is 5.94. The molecular formula is C11H13BO6S2. The number of hydrogen-bond acceptors (Lipinski definition) is 6. The molecule has 0 saturated carbocycles. The fraction of sp³-hybridized carbons (Fsp3) is 0.364. The van der Waals surface area contributed by atoms with E-state index in [1.54, 1.807) is 18.2 Å². The highest BCUT2D eigenvalue weighted by molar-refractivity contribution is 8.69. The molecule has 0 aromatic heterocycles. The largest absolute Gasteiger partial charge is 0.491 e. The number of carbonyl (C=O) groups excluding carboxylic acids is 1. The van der Waals surface area contributed by atoms with Gasteiger partial charge in [0, 0.05) is 17.7 Å². The van der Waals surface area contributed by atoms with Gasteiger partial charge in [-0.05, 0) is 28.2 Å². The SMILES string of the molecule is O=C(CCCSS(=O)(=O)O)c1ccc2c(c1)B(O)OC2. The van der Waals surface area contributed by atoms with Crippen molar-refractivity contribution in [3.63, 3.8) is 0 Å². The summed E-state index contributed by atoms with van der Waals surface area (Å²) < 4.78 is 34.6. The number of fused-ring (bicyclic) bond motifs is 1. The molecule has 0 fully saturated rings. The topological polar surface area (TPSA) is 101 Å². The van der Waals surface area contributed by atoms with Gasteiger partial charge in [0.2, 0.25) is 0 Å². The molecule has 6 nitrogen and oxygen atoms in total. The Bertz CT molecular complexity index is 615. The summed E-state index contributed by atoms with van der Waals surface area (Å²) in [5.74, 6) is 0.0178. The van der Waals surface area contributed by atoms with Gasteiger partial charge >= 0.3 is 16.3 Å². The van der Waals surface area contributed by atoms with Gasteiger partial charge in [-0.25, -0.2) is 0 Å². The third-order valence-corrected chi connectivity index (χ3v) is 5.06. The van der Waals surface area contributed by atoms with Crippen LogP contribution in [0.3, 0.4) is 0 Å². The Hall–Kier alpha value is -0.865. The van der Waals surface area contributed by atoms with Crippen LogP contribution in [0.4, 0.5) is 0 Å². The molecule has 0 saturated heterocycles. The fourth-order valence-electron chi connectivity index (χ4n) is 1.93. The summed E-state index contributed by atoms with van der Waals surface area (Å²) >= 11 is 0. The lowest BCUT2D eigenvalue weighted by Gasteiger charge is -2.04. The summed E-state index contributed by atoms with van der Waals surface area (Å²) in [4.78, 5) is 11.9. The van der Waals surface area contributed by atoms with E-state index in [9.17, 15) is 18.2 Å². The minimum absolute atomic E-state index is 0.136. The van der Waals surface area contributed by atoms with Crippen LogP contribution >= 0.6 is 10.8 Å². The molecule has 1 heterocycles. The highest BCUT2D eigenvalue weighted by Gasteiger charge is 2.27. The number of rotatable bonds is 6. The second-order valence-electron chi connectivity index (χ2n) is 4.35. The van der Waals surface area contributed by atoms with E-state index in [-0.39, 0.29) is 18.0 Å². The van der Waals surface area contributed by atoms with Gasteiger partial charge in [-0.1, -0.05) is 18.2 Å². The predicted octanol–water partition coefficient (Wildman–Crippen LogP) is 0.403. The van der Waals surface area contributed by atoms with Gasteiger partial charge in [0.05, 0.1) is 6.61 Å². The van der Waals surface area contributed by atoms with Crippen LogP contribution in [0.25, 0.3) is 0 Å². The van der Waals surface area contributed by atoms with Crippen LogP contribution in [0.1, 0.15) is 28.8 Å². The number of Topliss-reactive ketones (excluding diaryl/α,β-unsaturated/α-hetero) is 1. The summed E-state index contributed by atoms with van der Waals surface area (Å²) in [6, 6.07) is 5.01. The van der Waals surface area contributed by atoms with Gasteiger partial charge < -0.3 is 9.68 Å². The van der Waals surface area contributed by atoms with Crippen LogP contribution in [0.5, 0.6) is 0 Å². The highest BCUT2D eigenvalue weighted by Crippen LogP contribution is 2.15. The zero-order valence-corrected chi connectivity index (χ0v) is 12.1. The van der Waals surface area contributed by atoms with E-state index in [0.29, 0.717) is 34.8 Å². The van der Waals surface area contributed by atoms with Crippen molar-refractivity contribution in [2.75, 3.05) is 5.75 Å². The van der Waals surface area contributed by atoms with Gasteiger partial charge in [-0.3, -0.25) is 9.35 Å². The average Bonchev–Trinajstić information content (AvgIpc) is 2.75. The Kier molecular flexibility index (Phi) is 4.87. The summed E-state index contributed by atoms with van der Waals surface area (Å²) in [5.41, 5.74) is 1.92. The molecule has 0 radical (unpaired) electrons. The first kappa shape index (κ1) is 15.5. The molecule has 0 aliphatic carbocycles. The van der Waals surface area contributed by atoms with Crippen molar-refractivity contribution in [3.8, 4) is 0 Å². The van der Waals surface area contributed by atoms with Crippen molar-refractivity contribution in [1.82, 2.24) is 0 Å². The van der Waals surface area contributed by atoms with E-state index in [4.69, 9.17) is 9.21 Å². The second-order valence-corrected chi connectivity index (χ2v) is 7.82. The smallest absolute Gasteiger partial charge is 0.423 e. The van der Waals surface area contributed by atoms with Crippen molar-refractivity contribution >= 4 is 38.3 Å². The van der Waals surface area contributed by atoms with Crippen molar-refractivity contribution < 1.29 is 27.4 Å². The van der Waals surface area contributed by atoms with Gasteiger partial charge in [0.25, 0.3) is 0 Å². The lowest BCUT2D eigenvalue weighted by molar-refractivity contribution is 0.0982. The van der Waals surface area contributed by atoms with Crippen LogP contribution in [-0.2, 0) is 20.4 Å². The molecule has 0 spiro atoms. The minimum Gasteiger partial charge on any atom is -0.423 e. The minimum atomic E-state index is -4.05. The first-order chi connectivity index (χ1) is 9.37. The van der Waals surface area contributed by atoms with Crippen molar-refractivity contribution in [2.24, 2.45) is 0 Å². The Balaban J connectivity index is 1.92. The third-order valence-electron chi connectivity index (χ3n) is 2.91. The molecular weight excluding hydrogens is 303 g/mol. The van der Waals surface area contributed by atoms with Crippen LogP contribution in [0.2, 0.25) is 0 Å². The summed E-state index contributed by atoms with van der Waals surface area (Å²) in [6.07, 6.45) is 0.525. The number of carbonyl (C=O) groups is 1. The molecule has 20 heavy (non-hydrogen) atoms. The molecule has 108 valence electrons. The third kappa shape index (κ3) is 4.06. The van der Waals surface area contributed by atoms with Crippen LogP contribution in [-0.4, -0.2) is 36.6 Å². The van der Waals surface area contributed by atoms with Crippen LogP contribution in [0.15, 0.2) is 18.2 Å². The summed E-state index contributed by atoms with van der Waals surface area (Å²) in [5, 5.41) is 9.56. The average molecular weight is 316 g/mol. The van der Waals surface area contributed by atoms with Crippen molar-refractivity contribution in [1.29, 1.82) is 0 Å². The van der Waals surface area contributed by atoms with Crippen LogP contribution in [0, 0.1) is 0 Å². The quantitative estimate of drug-likeness (QED) is 0.258. The Morgan fingerprint density at radius 1 is 1.45 bits per heavy atom. The van der Waals surface area contributed by atoms with Gasteiger partial charge in [0.15, 0.2) is 5.78 Å². The molecule has 2 N–H and O–H groups in total. The number of hydrogen-bond donors (Lipinski definition) is 2. The van der Waals surface area contributed by atoms with Gasteiger partial charge in [0.1, 0.15) is 0 Å². The molecule has 0 amide bonds. The molecule has 2 rings (SSSR count). The van der Waals surface area contributed by atoms with E-state index in [2.05, 4.69) is 0 Å². The molecule has 0 atom stereocenters. The maximum Gasteiger partial charge on any atom is 0.491 e. The molecule has 1 aromatic rings. The summed E-state index contributed by atoms with van der Waals surface area (Å²) in [6.45, 7) is 0.329. The predicted molar refractivity (Wildman–Crippen MR) is 76.4 cm³/mol. The second kappa shape index (κ2) is 6.27. The fourth-order valence-corrected chi connectivity index (χ4v) is 3.39. The van der Waals surface area contributed by atoms with E-state index in [1.165, 1.54) is 0 Å². The lowest BCUT2D eigenvalue weighted by Crippen LogP contribution is -2.28. The lowest BCUT2D eigenvalue weighted by atomic mass is 9.78. The molecule has 1 aliphatic heterocycles.